The number of hydrogen-bond acceptors (Lipinski definition) is 3. The number of amides is 2. The van der Waals surface area contributed by atoms with E-state index >= 15 is 0 Å². The largest absolute Gasteiger partial charge is 0.412 e. The summed E-state index contributed by atoms with van der Waals surface area (Å²) >= 11 is 12.6. The van der Waals surface area contributed by atoms with Crippen LogP contribution in [0, 0.1) is 0 Å². The van der Waals surface area contributed by atoms with Crippen LogP contribution in [0.25, 0.3) is 0 Å². The molecule has 0 spiro atoms. The number of benzene rings is 3. The number of nitrogens with one attached hydrogen (secondary N) is 1. The van der Waals surface area contributed by atoms with E-state index in [4.69, 9.17) is 23.2 Å². The van der Waals surface area contributed by atoms with E-state index in [2.05, 4.69) is 35.3 Å². The maximum Gasteiger partial charge on any atom is 0.251 e. The quantitative estimate of drug-likeness (QED) is 0.306. The lowest BCUT2D eigenvalue weighted by Gasteiger charge is -2.48. The molecule has 3 aromatic carbocycles. The van der Waals surface area contributed by atoms with Crippen LogP contribution in [-0.4, -0.2) is 49.4 Å². The number of carbonyl (C=O) groups is 2. The minimum absolute atomic E-state index is 0. The molecular weight excluding hydrogens is 581 g/mol. The molecule has 222 valence electrons. The molecule has 1 saturated heterocycles. The van der Waals surface area contributed by atoms with Gasteiger partial charge >= 0.3 is 0 Å². The molecule has 0 aromatic heterocycles. The zero-order valence-electron chi connectivity index (χ0n) is 24.0. The third-order valence-electron chi connectivity index (χ3n) is 8.34. The van der Waals surface area contributed by atoms with Gasteiger partial charge in [-0.05, 0) is 72.6 Å². The van der Waals surface area contributed by atoms with E-state index in [1.807, 2.05) is 60.5 Å². The second-order valence-corrected chi connectivity index (χ2v) is 11.1. The van der Waals surface area contributed by atoms with Crippen LogP contribution in [0.4, 0.5) is 5.69 Å². The van der Waals surface area contributed by atoms with Crippen LogP contribution in [0.15, 0.2) is 66.7 Å². The highest BCUT2D eigenvalue weighted by Crippen LogP contribution is 2.41. The zero-order chi connectivity index (χ0) is 28.2. The maximum absolute atomic E-state index is 13.0. The Labute approximate surface area is 259 Å². The van der Waals surface area contributed by atoms with Gasteiger partial charge in [0, 0.05) is 45.4 Å². The van der Waals surface area contributed by atoms with Crippen LogP contribution < -0.4 is 10.2 Å². The summed E-state index contributed by atoms with van der Waals surface area (Å²) in [7, 11) is 3.58. The normalized spacial score (nSPS) is 14.7. The van der Waals surface area contributed by atoms with Crippen molar-refractivity contribution in [3.8, 4) is 0 Å². The van der Waals surface area contributed by atoms with E-state index in [0.29, 0.717) is 22.0 Å². The number of halogens is 3. The fraction of sp³-hybridized carbons (Fsp3) is 0.375. The second kappa shape index (κ2) is 14.9. The highest BCUT2D eigenvalue weighted by atomic mass is 35.5. The van der Waals surface area contributed by atoms with Gasteiger partial charge < -0.3 is 20.6 Å². The summed E-state index contributed by atoms with van der Waals surface area (Å²) in [4.78, 5) is 29.9. The van der Waals surface area contributed by atoms with Gasteiger partial charge in [-0.1, -0.05) is 72.6 Å². The summed E-state index contributed by atoms with van der Waals surface area (Å²) in [5.41, 5.74) is 4.69. The molecule has 3 N–H and O–H groups in total. The molecule has 0 bridgehead atoms. The molecule has 2 amide bonds. The molecule has 0 saturated carbocycles. The van der Waals surface area contributed by atoms with Crippen LogP contribution in [-0.2, 0) is 16.8 Å². The summed E-state index contributed by atoms with van der Waals surface area (Å²) in [6, 6.07) is 22.1. The van der Waals surface area contributed by atoms with Crippen molar-refractivity contribution >= 4 is 53.1 Å². The fourth-order valence-corrected chi connectivity index (χ4v) is 6.24. The topological polar surface area (TPSA) is 84.2 Å². The van der Waals surface area contributed by atoms with Gasteiger partial charge in [0.2, 0.25) is 5.91 Å². The third-order valence-corrected chi connectivity index (χ3v) is 9.08. The second-order valence-electron chi connectivity index (χ2n) is 10.3. The Bertz CT molecular complexity index is 1330. The van der Waals surface area contributed by atoms with Crippen LogP contribution in [0.5, 0.6) is 0 Å². The first-order valence-corrected chi connectivity index (χ1v) is 14.3. The Morgan fingerprint density at radius 2 is 1.66 bits per heavy atom. The molecule has 6 nitrogen and oxygen atoms in total. The Morgan fingerprint density at radius 1 is 1.00 bits per heavy atom. The summed E-state index contributed by atoms with van der Waals surface area (Å²) in [6.45, 7) is 5.32. The van der Waals surface area contributed by atoms with Gasteiger partial charge in [-0.25, -0.2) is 0 Å². The predicted molar refractivity (Wildman–Crippen MR) is 172 cm³/mol. The molecule has 1 unspecified atom stereocenters. The van der Waals surface area contributed by atoms with E-state index in [0.717, 1.165) is 54.7 Å². The van der Waals surface area contributed by atoms with Crippen molar-refractivity contribution < 1.29 is 15.1 Å². The Hall–Kier alpha value is -2.77. The first-order valence-electron chi connectivity index (χ1n) is 13.6. The smallest absolute Gasteiger partial charge is 0.251 e. The molecule has 1 atom stereocenters. The number of rotatable bonds is 8. The van der Waals surface area contributed by atoms with Gasteiger partial charge in [-0.2, -0.15) is 0 Å². The van der Waals surface area contributed by atoms with E-state index in [-0.39, 0.29) is 41.2 Å². The SMILES string of the molecule is CCC(Cc1c(C(=O)NC)cccc1N1CCC(c2ccccc2)(N(C)C(C)=O)CC1)c1ccc(Cl)c(Cl)c1.Cl.O. The minimum atomic E-state index is -0.367. The van der Waals surface area contributed by atoms with Crippen molar-refractivity contribution in [2.45, 2.75) is 51.0 Å². The maximum atomic E-state index is 13.0. The molecule has 4 rings (SSSR count). The molecule has 1 aliphatic heterocycles. The van der Waals surface area contributed by atoms with E-state index in [1.165, 1.54) is 0 Å². The summed E-state index contributed by atoms with van der Waals surface area (Å²) in [6.07, 6.45) is 3.17. The molecule has 41 heavy (non-hydrogen) atoms. The minimum Gasteiger partial charge on any atom is -0.412 e. The molecule has 1 aliphatic rings. The monoisotopic (exact) mass is 619 g/mol. The number of hydrogen-bond donors (Lipinski definition) is 1. The van der Waals surface area contributed by atoms with Crippen molar-refractivity contribution in [3.05, 3.63) is 99.0 Å². The van der Waals surface area contributed by atoms with Crippen LogP contribution >= 0.6 is 35.6 Å². The first kappa shape index (κ1) is 34.4. The summed E-state index contributed by atoms with van der Waals surface area (Å²) in [5, 5.41) is 3.89. The van der Waals surface area contributed by atoms with Crippen molar-refractivity contribution in [2.75, 3.05) is 32.1 Å². The van der Waals surface area contributed by atoms with Crippen molar-refractivity contribution in [3.63, 3.8) is 0 Å². The van der Waals surface area contributed by atoms with Gasteiger partial charge in [0.1, 0.15) is 0 Å². The summed E-state index contributed by atoms with van der Waals surface area (Å²) < 4.78 is 0. The standard InChI is InChI=1S/C32H37Cl2N3O2.ClH.H2O/c1-5-23(24-14-15-28(33)29(34)21-24)20-27-26(31(39)35-3)12-9-13-30(27)37-18-16-32(17-19-37,36(4)22(2)38)25-10-7-6-8-11-25;;/h6-15,21,23H,5,16-20H2,1-4H3,(H,35,39);1H;1H2. The van der Waals surface area contributed by atoms with Gasteiger partial charge in [0.25, 0.3) is 5.91 Å². The van der Waals surface area contributed by atoms with E-state index < -0.39 is 0 Å². The zero-order valence-corrected chi connectivity index (χ0v) is 26.4. The molecular formula is C32H40Cl3N3O3. The van der Waals surface area contributed by atoms with Crippen LogP contribution in [0.1, 0.15) is 66.1 Å². The highest BCUT2D eigenvalue weighted by molar-refractivity contribution is 6.42. The number of anilines is 1. The average Bonchev–Trinajstić information content (AvgIpc) is 2.97. The lowest BCUT2D eigenvalue weighted by Crippen LogP contribution is -2.53. The van der Waals surface area contributed by atoms with Gasteiger partial charge in [-0.3, -0.25) is 9.59 Å². The van der Waals surface area contributed by atoms with Crippen LogP contribution in [0.3, 0.4) is 0 Å². The molecule has 0 radical (unpaired) electrons. The van der Waals surface area contributed by atoms with Gasteiger partial charge in [0.15, 0.2) is 0 Å². The Balaban J connectivity index is 0.00000294. The highest BCUT2D eigenvalue weighted by Gasteiger charge is 2.41. The van der Waals surface area contributed by atoms with Gasteiger partial charge in [-0.15, -0.1) is 12.4 Å². The molecule has 1 heterocycles. The Kier molecular flexibility index (Phi) is 12.5. The average molecular weight is 621 g/mol. The summed E-state index contributed by atoms with van der Waals surface area (Å²) in [5.74, 6) is 0.131. The number of carbonyl (C=O) groups excluding carboxylic acids is 2. The predicted octanol–water partition coefficient (Wildman–Crippen LogP) is 6.66. The molecule has 3 aromatic rings. The van der Waals surface area contributed by atoms with Crippen molar-refractivity contribution in [1.82, 2.24) is 10.2 Å². The van der Waals surface area contributed by atoms with Crippen molar-refractivity contribution in [2.24, 2.45) is 0 Å². The van der Waals surface area contributed by atoms with Crippen molar-refractivity contribution in [1.29, 1.82) is 0 Å². The lowest BCUT2D eigenvalue weighted by atomic mass is 9.79. The Morgan fingerprint density at radius 3 is 2.22 bits per heavy atom. The fourth-order valence-electron chi connectivity index (χ4n) is 5.93. The molecule has 9 heteroatoms. The van der Waals surface area contributed by atoms with E-state index in [1.54, 1.807) is 14.0 Å². The first-order chi connectivity index (χ1) is 18.7. The van der Waals surface area contributed by atoms with E-state index in [9.17, 15) is 9.59 Å². The number of piperidine rings is 1. The van der Waals surface area contributed by atoms with Gasteiger partial charge in [0.05, 0.1) is 15.6 Å². The molecule has 0 aliphatic carbocycles. The third kappa shape index (κ3) is 7.18. The molecule has 1 fully saturated rings. The lowest BCUT2D eigenvalue weighted by molar-refractivity contribution is -0.134. The van der Waals surface area contributed by atoms with Crippen LogP contribution in [0.2, 0.25) is 10.0 Å². The number of nitrogens with zero attached hydrogens (tertiary/aromatic N) is 2.